The molecule has 0 spiro atoms. The number of benzene rings is 17. The molecule has 18 nitrogen and oxygen atoms in total. The molecule has 634 valence electrons. The largest absolute Gasteiger partial charge is 0.309 e. The van der Waals surface area contributed by atoms with Crippen LogP contribution in [0.4, 0.5) is 0 Å². The topological polar surface area (TPSA) is 227 Å². The van der Waals surface area contributed by atoms with Crippen LogP contribution >= 0.6 is 0 Å². The number of hydrogen-bond donors (Lipinski definition) is 0. The maximum Gasteiger partial charge on any atom is 0.164 e. The second kappa shape index (κ2) is 34.7. The van der Waals surface area contributed by atoms with Gasteiger partial charge in [0.1, 0.15) is 0 Å². The monoisotopic (exact) mass is 1740 g/mol. The van der Waals surface area contributed by atoms with E-state index in [1.54, 1.807) is 0 Å². The van der Waals surface area contributed by atoms with Crippen LogP contribution in [0.15, 0.2) is 437 Å². The van der Waals surface area contributed by atoms with E-state index in [4.69, 9.17) is 74.8 Å². The minimum Gasteiger partial charge on any atom is -0.309 e. The molecule has 0 aliphatic heterocycles. The van der Waals surface area contributed by atoms with Crippen LogP contribution in [-0.2, 0) is 0 Å². The van der Waals surface area contributed by atoms with Gasteiger partial charge in [0.2, 0.25) is 0 Å². The average molecular weight is 1740 g/mol. The van der Waals surface area contributed by atoms with E-state index in [9.17, 15) is 5.26 Å². The SMILES string of the molecule is N#Cc1ccccc1-c1ccc(-n2c3ccc(-c4nc(-c5ccccc5)nc(-c5ccccc5)n4)cc3c3cc(-c4nc(-c5ccccc5)nc(-c5ccccc5)n4)ccc32)c(-c2cc(-c3nc(-c4ccccc4)nc(-c4ccccc4)n3)ccc2-n2c3ccc(-c4nc(-c5ccccc5)nc(-c5ccccc5)n4)cc3c3cc(-c4nc(-c5ccccc5)nc(-c5ccccc5)n4)ccc32)c1. The van der Waals surface area contributed by atoms with Gasteiger partial charge in [-0.3, -0.25) is 0 Å². The van der Waals surface area contributed by atoms with Crippen LogP contribution in [0.3, 0.4) is 0 Å². The van der Waals surface area contributed by atoms with Gasteiger partial charge in [0.05, 0.1) is 45.1 Å². The summed E-state index contributed by atoms with van der Waals surface area (Å²) in [5.74, 6) is 7.53. The lowest BCUT2D eigenvalue weighted by molar-refractivity contribution is 1.07. The van der Waals surface area contributed by atoms with Crippen molar-refractivity contribution in [2.24, 2.45) is 0 Å². The third-order valence-corrected chi connectivity index (χ3v) is 24.4. The van der Waals surface area contributed by atoms with Crippen LogP contribution < -0.4 is 0 Å². The van der Waals surface area contributed by atoms with Crippen LogP contribution in [0.1, 0.15) is 5.56 Å². The molecule has 0 aliphatic carbocycles. The van der Waals surface area contributed by atoms with Gasteiger partial charge in [0, 0.05) is 116 Å². The molecule has 0 radical (unpaired) electrons. The third kappa shape index (κ3) is 15.3. The lowest BCUT2D eigenvalue weighted by atomic mass is 9.93. The predicted octanol–water partition coefficient (Wildman–Crippen LogP) is 27.0. The Morgan fingerprint density at radius 1 is 0.147 bits per heavy atom. The minimum absolute atomic E-state index is 0.430. The molecule has 0 unspecified atom stereocenters. The molecule has 24 rings (SSSR count). The van der Waals surface area contributed by atoms with Crippen molar-refractivity contribution in [1.29, 1.82) is 5.26 Å². The van der Waals surface area contributed by atoms with Crippen molar-refractivity contribution >= 4 is 43.6 Å². The summed E-state index contributed by atoms with van der Waals surface area (Å²) in [5, 5.41) is 14.7. The summed E-state index contributed by atoms with van der Waals surface area (Å²) in [6, 6.07) is 149. The molecule has 0 bridgehead atoms. The fraction of sp³-hybridized carbons (Fsp3) is 0. The molecule has 0 fully saturated rings. The zero-order valence-corrected chi connectivity index (χ0v) is 72.6. The molecule has 7 heterocycles. The molecule has 0 amide bonds. The number of hydrogen-bond acceptors (Lipinski definition) is 16. The van der Waals surface area contributed by atoms with E-state index < -0.39 is 0 Å². The minimum atomic E-state index is 0.430. The molecular weight excluding hydrogens is 1670 g/mol. The highest BCUT2D eigenvalue weighted by atomic mass is 15.1. The molecule has 24 aromatic rings. The van der Waals surface area contributed by atoms with Gasteiger partial charge in [-0.1, -0.05) is 328 Å². The van der Waals surface area contributed by atoms with Crippen molar-refractivity contribution in [2.45, 2.75) is 0 Å². The van der Waals surface area contributed by atoms with Crippen molar-refractivity contribution in [1.82, 2.24) is 83.9 Å². The zero-order chi connectivity index (χ0) is 90.4. The van der Waals surface area contributed by atoms with E-state index in [-0.39, 0.29) is 0 Å². The van der Waals surface area contributed by atoms with Crippen LogP contribution in [0, 0.1) is 11.3 Å². The van der Waals surface area contributed by atoms with Crippen molar-refractivity contribution < 1.29 is 0 Å². The Hall–Kier alpha value is -19.1. The molecule has 0 saturated carbocycles. The Bertz CT molecular complexity index is 8100. The van der Waals surface area contributed by atoms with Gasteiger partial charge in [0.25, 0.3) is 0 Å². The highest BCUT2D eigenvalue weighted by Gasteiger charge is 2.28. The summed E-state index contributed by atoms with van der Waals surface area (Å²) in [4.78, 5) is 79.5. The molecule has 0 saturated heterocycles. The maximum absolute atomic E-state index is 11.3. The average Bonchev–Trinajstić information content (AvgIpc) is 1.56. The maximum atomic E-state index is 11.3. The van der Waals surface area contributed by atoms with Crippen molar-refractivity contribution in [2.75, 3.05) is 0 Å². The predicted molar refractivity (Wildman–Crippen MR) is 539 cm³/mol. The van der Waals surface area contributed by atoms with E-state index in [1.807, 2.05) is 328 Å². The standard InChI is InChI=1S/C118H72N18/c119-73-90-53-31-32-54-91(90)84-55-61-98(135-100-63-57-86(115-127-106(76-37-15-3-16-38-76)121-107(128-115)77-39-17-4-18-40-77)69-94(100)95-70-87(58-64-101(95)135)116-129-108(78-41-19-5-20-42-78)122-109(130-116)79-43-21-6-22-44-79)92(67-84)93-68-85(114-125-104(74-33-11-1-12-34-74)120-105(126-114)75-35-13-2-14-36-75)56-62-99(93)136-102-65-59-88(117-131-110(80-45-23-7-24-46-80)123-111(132-117)81-47-25-8-26-48-81)71-96(102)97-72-89(60-66-103(97)136)118-133-112(82-49-27-9-28-50-82)124-113(134-118)83-51-29-10-30-52-83/h1-72H. The molecule has 0 atom stereocenters. The van der Waals surface area contributed by atoms with Crippen LogP contribution in [-0.4, -0.2) is 83.9 Å². The Morgan fingerprint density at radius 2 is 0.316 bits per heavy atom. The Morgan fingerprint density at radius 3 is 0.529 bits per heavy atom. The lowest BCUT2D eigenvalue weighted by Gasteiger charge is -2.21. The van der Waals surface area contributed by atoms with E-state index in [0.717, 1.165) is 155 Å². The molecule has 17 aromatic carbocycles. The number of aromatic nitrogens is 17. The van der Waals surface area contributed by atoms with Gasteiger partial charge in [-0.25, -0.2) is 74.8 Å². The van der Waals surface area contributed by atoms with Gasteiger partial charge in [0.15, 0.2) is 87.4 Å². The Kier molecular flexibility index (Phi) is 20.5. The Labute approximate surface area is 780 Å². The second-order valence-electron chi connectivity index (χ2n) is 32.9. The van der Waals surface area contributed by atoms with Crippen LogP contribution in [0.25, 0.3) is 248 Å². The summed E-state index contributed by atoms with van der Waals surface area (Å²) in [6.07, 6.45) is 0. The summed E-state index contributed by atoms with van der Waals surface area (Å²) in [7, 11) is 0. The molecular formula is C118H72N18. The first-order valence-corrected chi connectivity index (χ1v) is 44.6. The first-order valence-electron chi connectivity index (χ1n) is 44.6. The molecule has 136 heavy (non-hydrogen) atoms. The summed E-state index contributed by atoms with van der Waals surface area (Å²) in [6.45, 7) is 0. The fourth-order valence-corrected chi connectivity index (χ4v) is 17.8. The quantitative estimate of drug-likeness (QED) is 0.0733. The van der Waals surface area contributed by atoms with Crippen molar-refractivity contribution in [3.8, 4) is 211 Å². The highest BCUT2D eigenvalue weighted by Crippen LogP contribution is 2.47. The van der Waals surface area contributed by atoms with E-state index in [0.29, 0.717) is 98.5 Å². The van der Waals surface area contributed by atoms with Crippen molar-refractivity contribution in [3.05, 3.63) is 442 Å². The molecule has 18 heteroatoms. The third-order valence-electron chi connectivity index (χ3n) is 24.4. The van der Waals surface area contributed by atoms with E-state index in [2.05, 4.69) is 124 Å². The molecule has 0 aliphatic rings. The second-order valence-corrected chi connectivity index (χ2v) is 32.9. The van der Waals surface area contributed by atoms with E-state index >= 15 is 0 Å². The first-order chi connectivity index (χ1) is 67.3. The lowest BCUT2D eigenvalue weighted by Crippen LogP contribution is -2.04. The number of rotatable bonds is 19. The van der Waals surface area contributed by atoms with Gasteiger partial charge < -0.3 is 9.13 Å². The molecule has 0 N–H and O–H groups in total. The normalized spacial score (nSPS) is 11.4. The fourth-order valence-electron chi connectivity index (χ4n) is 17.8. The van der Waals surface area contributed by atoms with Crippen LogP contribution in [0.2, 0.25) is 0 Å². The van der Waals surface area contributed by atoms with Gasteiger partial charge in [-0.05, 0) is 120 Å². The highest BCUT2D eigenvalue weighted by molar-refractivity contribution is 6.14. The summed E-state index contributed by atoms with van der Waals surface area (Å²) >= 11 is 0. The van der Waals surface area contributed by atoms with Gasteiger partial charge >= 0.3 is 0 Å². The van der Waals surface area contributed by atoms with Gasteiger partial charge in [-0.15, -0.1) is 0 Å². The van der Waals surface area contributed by atoms with Gasteiger partial charge in [-0.2, -0.15) is 5.26 Å². The van der Waals surface area contributed by atoms with Crippen molar-refractivity contribution in [3.63, 3.8) is 0 Å². The Balaban J connectivity index is 0.803. The summed E-state index contributed by atoms with van der Waals surface area (Å²) < 4.78 is 4.69. The zero-order valence-electron chi connectivity index (χ0n) is 72.6. The number of fused-ring (bicyclic) bond motifs is 6. The van der Waals surface area contributed by atoms with E-state index in [1.165, 1.54) is 0 Å². The smallest absolute Gasteiger partial charge is 0.164 e. The first kappa shape index (κ1) is 80.2. The molecule has 7 aromatic heterocycles. The van der Waals surface area contributed by atoms with Crippen LogP contribution in [0.5, 0.6) is 0 Å². The number of nitriles is 1. The number of nitrogens with zero attached hydrogens (tertiary/aromatic N) is 18. The summed E-state index contributed by atoms with van der Waals surface area (Å²) in [5.41, 5.74) is 20.5.